The molecule has 0 saturated carbocycles. The van der Waals surface area contributed by atoms with Crippen LogP contribution in [0.1, 0.15) is 16.7 Å². The SMILES string of the molecule is COc1cccc(-n2cc(Br)c(-c3c(C)cc(C)cc3C)n2)c1. The van der Waals surface area contributed by atoms with Crippen molar-refractivity contribution < 1.29 is 4.74 Å². The van der Waals surface area contributed by atoms with Crippen molar-refractivity contribution in [3.05, 3.63) is 63.8 Å². The summed E-state index contributed by atoms with van der Waals surface area (Å²) in [6, 6.07) is 12.3. The Hall–Kier alpha value is -2.07. The third-order valence-electron chi connectivity index (χ3n) is 3.90. The number of methoxy groups -OCH3 is 1. The van der Waals surface area contributed by atoms with Gasteiger partial charge < -0.3 is 4.74 Å². The monoisotopic (exact) mass is 370 g/mol. The topological polar surface area (TPSA) is 27.1 Å². The molecule has 3 rings (SSSR count). The minimum absolute atomic E-state index is 0.818. The summed E-state index contributed by atoms with van der Waals surface area (Å²) >= 11 is 3.66. The molecule has 0 radical (unpaired) electrons. The number of halogens is 1. The lowest BCUT2D eigenvalue weighted by atomic mass is 9.97. The molecule has 0 saturated heterocycles. The summed E-state index contributed by atoms with van der Waals surface area (Å²) in [6.45, 7) is 6.38. The van der Waals surface area contributed by atoms with Gasteiger partial charge in [-0.15, -0.1) is 0 Å². The van der Waals surface area contributed by atoms with Gasteiger partial charge in [-0.25, -0.2) is 4.68 Å². The van der Waals surface area contributed by atoms with Gasteiger partial charge in [0.15, 0.2) is 0 Å². The summed E-state index contributed by atoms with van der Waals surface area (Å²) in [6.07, 6.45) is 1.99. The molecule has 23 heavy (non-hydrogen) atoms. The number of hydrogen-bond acceptors (Lipinski definition) is 2. The molecule has 1 aromatic heterocycles. The number of ether oxygens (including phenoxy) is 1. The number of hydrogen-bond donors (Lipinski definition) is 0. The summed E-state index contributed by atoms with van der Waals surface area (Å²) in [5.74, 6) is 0.818. The van der Waals surface area contributed by atoms with Crippen LogP contribution in [0.5, 0.6) is 5.75 Å². The molecule has 0 spiro atoms. The van der Waals surface area contributed by atoms with Gasteiger partial charge in [0, 0.05) is 17.8 Å². The van der Waals surface area contributed by atoms with E-state index in [1.807, 2.05) is 35.1 Å². The van der Waals surface area contributed by atoms with Crippen LogP contribution in [0.15, 0.2) is 47.1 Å². The highest BCUT2D eigenvalue weighted by Crippen LogP contribution is 2.33. The minimum atomic E-state index is 0.818. The lowest BCUT2D eigenvalue weighted by Crippen LogP contribution is -1.97. The van der Waals surface area contributed by atoms with Crippen LogP contribution in [-0.2, 0) is 0 Å². The van der Waals surface area contributed by atoms with E-state index < -0.39 is 0 Å². The van der Waals surface area contributed by atoms with Crippen molar-refractivity contribution in [3.8, 4) is 22.7 Å². The van der Waals surface area contributed by atoms with Crippen LogP contribution < -0.4 is 4.74 Å². The maximum absolute atomic E-state index is 5.30. The standard InChI is InChI=1S/C19H19BrN2O/c1-12-8-13(2)18(14(3)9-12)19-17(20)11-22(21-19)15-6-5-7-16(10-15)23-4/h5-11H,1-4H3. The Morgan fingerprint density at radius 2 is 1.74 bits per heavy atom. The van der Waals surface area contributed by atoms with Crippen LogP contribution in [-0.4, -0.2) is 16.9 Å². The largest absolute Gasteiger partial charge is 0.497 e. The summed E-state index contributed by atoms with van der Waals surface area (Å²) < 4.78 is 8.15. The van der Waals surface area contributed by atoms with E-state index in [0.29, 0.717) is 0 Å². The van der Waals surface area contributed by atoms with E-state index >= 15 is 0 Å². The molecule has 118 valence electrons. The molecule has 2 aromatic carbocycles. The van der Waals surface area contributed by atoms with Crippen molar-refractivity contribution in [1.29, 1.82) is 0 Å². The van der Waals surface area contributed by atoms with Gasteiger partial charge in [-0.1, -0.05) is 23.8 Å². The molecule has 0 unspecified atom stereocenters. The summed E-state index contributed by atoms with van der Waals surface area (Å²) in [7, 11) is 1.67. The molecular weight excluding hydrogens is 352 g/mol. The van der Waals surface area contributed by atoms with Crippen molar-refractivity contribution in [2.24, 2.45) is 0 Å². The molecule has 4 heteroatoms. The van der Waals surface area contributed by atoms with E-state index in [9.17, 15) is 0 Å². The predicted molar refractivity (Wildman–Crippen MR) is 97.5 cm³/mol. The van der Waals surface area contributed by atoms with Gasteiger partial charge in [-0.2, -0.15) is 5.10 Å². The highest BCUT2D eigenvalue weighted by molar-refractivity contribution is 9.10. The zero-order valence-electron chi connectivity index (χ0n) is 13.7. The smallest absolute Gasteiger partial charge is 0.121 e. The first-order valence-corrected chi connectivity index (χ1v) is 8.26. The molecule has 0 aliphatic rings. The first kappa shape index (κ1) is 15.8. The Labute approximate surface area is 145 Å². The normalized spacial score (nSPS) is 10.8. The van der Waals surface area contributed by atoms with Crippen molar-refractivity contribution in [1.82, 2.24) is 9.78 Å². The molecule has 3 nitrogen and oxygen atoms in total. The lowest BCUT2D eigenvalue weighted by Gasteiger charge is -2.09. The molecule has 0 aliphatic carbocycles. The van der Waals surface area contributed by atoms with Crippen LogP contribution in [0, 0.1) is 20.8 Å². The van der Waals surface area contributed by atoms with E-state index in [-0.39, 0.29) is 0 Å². The van der Waals surface area contributed by atoms with E-state index in [0.717, 1.165) is 21.6 Å². The van der Waals surface area contributed by atoms with Gasteiger partial charge in [-0.05, 0) is 60.0 Å². The van der Waals surface area contributed by atoms with Crippen LogP contribution in [0.4, 0.5) is 0 Å². The number of nitrogens with zero attached hydrogens (tertiary/aromatic N) is 2. The second-order valence-electron chi connectivity index (χ2n) is 5.75. The summed E-state index contributed by atoms with van der Waals surface area (Å²) in [5, 5.41) is 4.79. The molecule has 0 N–H and O–H groups in total. The number of aryl methyl sites for hydroxylation is 3. The van der Waals surface area contributed by atoms with E-state index in [2.05, 4.69) is 48.8 Å². The zero-order valence-corrected chi connectivity index (χ0v) is 15.3. The van der Waals surface area contributed by atoms with Crippen LogP contribution in [0.2, 0.25) is 0 Å². The maximum atomic E-state index is 5.30. The molecule has 0 aliphatic heterocycles. The van der Waals surface area contributed by atoms with Gasteiger partial charge in [0.25, 0.3) is 0 Å². The Bertz CT molecular complexity index is 845. The predicted octanol–water partition coefficient (Wildman–Crippen LogP) is 5.24. The summed E-state index contributed by atoms with van der Waals surface area (Å²) in [5.41, 5.74) is 6.86. The van der Waals surface area contributed by atoms with Crippen LogP contribution in [0.25, 0.3) is 16.9 Å². The Morgan fingerprint density at radius 3 is 2.39 bits per heavy atom. The average Bonchev–Trinajstić information content (AvgIpc) is 2.88. The molecule has 1 heterocycles. The van der Waals surface area contributed by atoms with E-state index in [1.165, 1.54) is 22.3 Å². The lowest BCUT2D eigenvalue weighted by molar-refractivity contribution is 0.414. The van der Waals surface area contributed by atoms with Crippen LogP contribution in [0.3, 0.4) is 0 Å². The maximum Gasteiger partial charge on any atom is 0.121 e. The van der Waals surface area contributed by atoms with E-state index in [4.69, 9.17) is 9.84 Å². The highest BCUT2D eigenvalue weighted by atomic mass is 79.9. The number of benzene rings is 2. The molecule has 0 fully saturated rings. The third-order valence-corrected chi connectivity index (χ3v) is 4.48. The van der Waals surface area contributed by atoms with Crippen molar-refractivity contribution in [3.63, 3.8) is 0 Å². The van der Waals surface area contributed by atoms with Gasteiger partial charge in [-0.3, -0.25) is 0 Å². The molecule has 0 amide bonds. The van der Waals surface area contributed by atoms with Crippen molar-refractivity contribution in [2.45, 2.75) is 20.8 Å². The second kappa shape index (κ2) is 6.20. The van der Waals surface area contributed by atoms with Crippen molar-refractivity contribution >= 4 is 15.9 Å². The molecule has 3 aromatic rings. The number of aromatic nitrogens is 2. The zero-order chi connectivity index (χ0) is 16.6. The van der Waals surface area contributed by atoms with Gasteiger partial charge in [0.1, 0.15) is 11.4 Å². The van der Waals surface area contributed by atoms with Gasteiger partial charge >= 0.3 is 0 Å². The fourth-order valence-electron chi connectivity index (χ4n) is 2.96. The second-order valence-corrected chi connectivity index (χ2v) is 6.60. The molecular formula is C19H19BrN2O. The third kappa shape index (κ3) is 3.04. The molecule has 0 atom stereocenters. The van der Waals surface area contributed by atoms with E-state index in [1.54, 1.807) is 7.11 Å². The average molecular weight is 371 g/mol. The summed E-state index contributed by atoms with van der Waals surface area (Å²) in [4.78, 5) is 0. The Kier molecular flexibility index (Phi) is 4.26. The fourth-order valence-corrected chi connectivity index (χ4v) is 3.43. The van der Waals surface area contributed by atoms with Gasteiger partial charge in [0.2, 0.25) is 0 Å². The first-order valence-electron chi connectivity index (χ1n) is 7.47. The number of rotatable bonds is 3. The minimum Gasteiger partial charge on any atom is -0.497 e. The molecule has 0 bridgehead atoms. The highest BCUT2D eigenvalue weighted by Gasteiger charge is 2.15. The Morgan fingerprint density at radius 1 is 1.04 bits per heavy atom. The van der Waals surface area contributed by atoms with Crippen molar-refractivity contribution in [2.75, 3.05) is 7.11 Å². The van der Waals surface area contributed by atoms with Gasteiger partial charge in [0.05, 0.1) is 17.3 Å². The fraction of sp³-hybridized carbons (Fsp3) is 0.211. The Balaban J connectivity index is 2.12. The first-order chi connectivity index (χ1) is 11.0. The quantitative estimate of drug-likeness (QED) is 0.630. The van der Waals surface area contributed by atoms with Crippen LogP contribution >= 0.6 is 15.9 Å².